The number of nitrogens with one attached hydrogen (secondary N) is 1. The van der Waals surface area contributed by atoms with Crippen LogP contribution < -0.4 is 5.32 Å². The molecular weight excluding hydrogens is 245 g/mol. The summed E-state index contributed by atoms with van der Waals surface area (Å²) in [4.78, 5) is 21.6. The number of thioether (sulfide) groups is 1. The Morgan fingerprint density at radius 1 is 1.41 bits per heavy atom. The van der Waals surface area contributed by atoms with E-state index < -0.39 is 11.8 Å². The van der Waals surface area contributed by atoms with E-state index in [0.717, 1.165) is 0 Å². The largest absolute Gasteiger partial charge is 0.481 e. The van der Waals surface area contributed by atoms with Crippen molar-refractivity contribution in [3.63, 3.8) is 0 Å². The second kappa shape index (κ2) is 6.90. The molecule has 1 amide bonds. The van der Waals surface area contributed by atoms with Gasteiger partial charge in [0.15, 0.2) is 0 Å². The number of rotatable bonds is 6. The van der Waals surface area contributed by atoms with Crippen LogP contribution in [0.25, 0.3) is 0 Å². The first-order valence-electron chi connectivity index (χ1n) is 4.93. The molecule has 0 aromatic heterocycles. The van der Waals surface area contributed by atoms with E-state index in [1.54, 1.807) is 6.07 Å². The molecule has 0 radical (unpaired) electrons. The third-order valence-electron chi connectivity index (χ3n) is 1.81. The Morgan fingerprint density at radius 2 is 2.18 bits per heavy atom. The zero-order chi connectivity index (χ0) is 12.7. The van der Waals surface area contributed by atoms with Gasteiger partial charge in [0.1, 0.15) is 5.82 Å². The van der Waals surface area contributed by atoms with Crippen LogP contribution in [0.3, 0.4) is 0 Å². The van der Waals surface area contributed by atoms with E-state index in [-0.39, 0.29) is 18.1 Å². The summed E-state index contributed by atoms with van der Waals surface area (Å²) in [5.41, 5.74) is 0.401. The van der Waals surface area contributed by atoms with Crippen molar-refractivity contribution < 1.29 is 19.1 Å². The molecule has 0 unspecified atom stereocenters. The molecule has 4 nitrogen and oxygen atoms in total. The lowest BCUT2D eigenvalue weighted by atomic mass is 10.3. The number of aliphatic carboxylic acids is 1. The molecule has 1 aromatic carbocycles. The molecule has 0 aliphatic heterocycles. The van der Waals surface area contributed by atoms with Crippen LogP contribution in [0, 0.1) is 5.82 Å². The molecule has 0 atom stereocenters. The molecule has 92 valence electrons. The molecule has 0 aliphatic carbocycles. The maximum absolute atomic E-state index is 12.8. The molecule has 0 heterocycles. The average Bonchev–Trinajstić information content (AvgIpc) is 2.24. The number of anilines is 1. The molecule has 1 rings (SSSR count). The molecular formula is C11H12FNO3S. The summed E-state index contributed by atoms with van der Waals surface area (Å²) in [6.45, 7) is 0. The molecule has 6 heteroatoms. The molecule has 2 N–H and O–H groups in total. The van der Waals surface area contributed by atoms with Gasteiger partial charge in [-0.1, -0.05) is 6.07 Å². The normalized spacial score (nSPS) is 9.94. The van der Waals surface area contributed by atoms with E-state index in [4.69, 9.17) is 5.11 Å². The standard InChI is InChI=1S/C11H12FNO3S/c12-8-2-1-3-9(6-8)13-10(14)4-5-17-7-11(15)16/h1-3,6H,4-5,7H2,(H,13,14)(H,15,16). The smallest absolute Gasteiger partial charge is 0.313 e. The predicted molar refractivity (Wildman–Crippen MR) is 64.6 cm³/mol. The zero-order valence-electron chi connectivity index (χ0n) is 8.98. The third kappa shape index (κ3) is 5.91. The van der Waals surface area contributed by atoms with Crippen molar-refractivity contribution in [2.75, 3.05) is 16.8 Å². The van der Waals surface area contributed by atoms with Crippen LogP contribution in [0.4, 0.5) is 10.1 Å². The molecule has 0 spiro atoms. The van der Waals surface area contributed by atoms with Crippen molar-refractivity contribution in [3.05, 3.63) is 30.1 Å². The zero-order valence-corrected chi connectivity index (χ0v) is 9.80. The first kappa shape index (κ1) is 13.5. The van der Waals surface area contributed by atoms with E-state index in [1.165, 1.54) is 30.0 Å². The van der Waals surface area contributed by atoms with E-state index in [2.05, 4.69) is 5.32 Å². The summed E-state index contributed by atoms with van der Waals surface area (Å²) in [6, 6.07) is 5.61. The molecule has 1 aromatic rings. The number of hydrogen-bond acceptors (Lipinski definition) is 3. The predicted octanol–water partition coefficient (Wildman–Crippen LogP) is 1.97. The molecule has 0 bridgehead atoms. The summed E-state index contributed by atoms with van der Waals surface area (Å²) in [5, 5.41) is 10.9. The summed E-state index contributed by atoms with van der Waals surface area (Å²) < 4.78 is 12.8. The van der Waals surface area contributed by atoms with E-state index in [0.29, 0.717) is 11.4 Å². The van der Waals surface area contributed by atoms with Crippen LogP contribution >= 0.6 is 11.8 Å². The van der Waals surface area contributed by atoms with Crippen molar-refractivity contribution in [1.82, 2.24) is 0 Å². The Labute approximate surface area is 102 Å². The van der Waals surface area contributed by atoms with Gasteiger partial charge in [-0.2, -0.15) is 0 Å². The van der Waals surface area contributed by atoms with Crippen molar-refractivity contribution in [3.8, 4) is 0 Å². The second-order valence-corrected chi connectivity index (χ2v) is 4.36. The number of carboxylic acid groups (broad SMARTS) is 1. The third-order valence-corrected chi connectivity index (χ3v) is 2.75. The monoisotopic (exact) mass is 257 g/mol. The SMILES string of the molecule is O=C(O)CSCCC(=O)Nc1cccc(F)c1. The van der Waals surface area contributed by atoms with Crippen LogP contribution in [0.2, 0.25) is 0 Å². The first-order valence-corrected chi connectivity index (χ1v) is 6.08. The number of benzene rings is 1. The van der Waals surface area contributed by atoms with Gasteiger partial charge in [0.25, 0.3) is 0 Å². The minimum absolute atomic E-state index is 0.0206. The number of carbonyl (C=O) groups is 2. The number of amides is 1. The van der Waals surface area contributed by atoms with Gasteiger partial charge in [0.2, 0.25) is 5.91 Å². The van der Waals surface area contributed by atoms with Gasteiger partial charge in [-0.3, -0.25) is 9.59 Å². The van der Waals surface area contributed by atoms with Crippen LogP contribution in [0.5, 0.6) is 0 Å². The minimum Gasteiger partial charge on any atom is -0.481 e. The summed E-state index contributed by atoms with van der Waals surface area (Å²) in [5.74, 6) is -1.17. The first-order chi connectivity index (χ1) is 8.08. The Hall–Kier alpha value is -1.56. The fourth-order valence-corrected chi connectivity index (χ4v) is 1.76. The lowest BCUT2D eigenvalue weighted by Gasteiger charge is -2.04. The molecule has 0 fully saturated rings. The van der Waals surface area contributed by atoms with Crippen molar-refractivity contribution in [2.24, 2.45) is 0 Å². The highest BCUT2D eigenvalue weighted by Gasteiger charge is 2.04. The highest BCUT2D eigenvalue weighted by molar-refractivity contribution is 7.99. The number of carboxylic acids is 1. The Balaban J connectivity index is 2.27. The van der Waals surface area contributed by atoms with Crippen molar-refractivity contribution in [1.29, 1.82) is 0 Å². The second-order valence-electron chi connectivity index (χ2n) is 3.25. The number of halogens is 1. The average molecular weight is 257 g/mol. The number of carbonyl (C=O) groups excluding carboxylic acids is 1. The Bertz CT molecular complexity index is 411. The van der Waals surface area contributed by atoms with Gasteiger partial charge >= 0.3 is 5.97 Å². The minimum atomic E-state index is -0.902. The summed E-state index contributed by atoms with van der Waals surface area (Å²) >= 11 is 1.17. The van der Waals surface area contributed by atoms with Crippen LogP contribution in [0.1, 0.15) is 6.42 Å². The quantitative estimate of drug-likeness (QED) is 0.765. The maximum Gasteiger partial charge on any atom is 0.313 e. The Kier molecular flexibility index (Phi) is 5.48. The summed E-state index contributed by atoms with van der Waals surface area (Å²) in [6.07, 6.45) is 0.203. The lowest BCUT2D eigenvalue weighted by Crippen LogP contribution is -2.12. The molecule has 0 saturated carbocycles. The van der Waals surface area contributed by atoms with Gasteiger partial charge in [-0.15, -0.1) is 11.8 Å². The van der Waals surface area contributed by atoms with E-state index in [1.807, 2.05) is 0 Å². The van der Waals surface area contributed by atoms with E-state index >= 15 is 0 Å². The van der Waals surface area contributed by atoms with Crippen molar-refractivity contribution in [2.45, 2.75) is 6.42 Å². The van der Waals surface area contributed by atoms with E-state index in [9.17, 15) is 14.0 Å². The maximum atomic E-state index is 12.8. The van der Waals surface area contributed by atoms with Gasteiger partial charge < -0.3 is 10.4 Å². The fraction of sp³-hybridized carbons (Fsp3) is 0.273. The topological polar surface area (TPSA) is 66.4 Å². The van der Waals surface area contributed by atoms with Gasteiger partial charge in [0, 0.05) is 17.9 Å². The fourth-order valence-electron chi connectivity index (χ4n) is 1.11. The highest BCUT2D eigenvalue weighted by Crippen LogP contribution is 2.10. The lowest BCUT2D eigenvalue weighted by molar-refractivity contribution is -0.134. The van der Waals surface area contributed by atoms with Crippen LogP contribution in [0.15, 0.2) is 24.3 Å². The van der Waals surface area contributed by atoms with Crippen LogP contribution in [-0.4, -0.2) is 28.5 Å². The van der Waals surface area contributed by atoms with Crippen LogP contribution in [-0.2, 0) is 9.59 Å². The molecule has 0 saturated heterocycles. The van der Waals surface area contributed by atoms with Gasteiger partial charge in [-0.05, 0) is 18.2 Å². The molecule has 0 aliphatic rings. The highest BCUT2D eigenvalue weighted by atomic mass is 32.2. The number of hydrogen-bond donors (Lipinski definition) is 2. The van der Waals surface area contributed by atoms with Crippen molar-refractivity contribution >= 4 is 29.3 Å². The molecule has 17 heavy (non-hydrogen) atoms. The Morgan fingerprint density at radius 3 is 2.82 bits per heavy atom. The van der Waals surface area contributed by atoms with Gasteiger partial charge in [0.05, 0.1) is 5.75 Å². The summed E-state index contributed by atoms with van der Waals surface area (Å²) in [7, 11) is 0. The van der Waals surface area contributed by atoms with Gasteiger partial charge in [-0.25, -0.2) is 4.39 Å².